The molecule has 134 valence electrons. The lowest BCUT2D eigenvalue weighted by atomic mass is 10.1. The van der Waals surface area contributed by atoms with E-state index in [4.69, 9.17) is 25.8 Å². The fraction of sp³-hybridized carbons (Fsp3) is 0.636. The molecule has 0 saturated heterocycles. The summed E-state index contributed by atoms with van der Waals surface area (Å²) >= 11 is 0. The maximum Gasteiger partial charge on any atom is 0.490 e. The Kier molecular flexibility index (Phi) is 11.2. The van der Waals surface area contributed by atoms with Crippen LogP contribution in [0.4, 0.5) is 13.2 Å². The first-order valence-electron chi connectivity index (χ1n) is 6.15. The molecule has 0 aliphatic rings. The summed E-state index contributed by atoms with van der Waals surface area (Å²) in [6.45, 7) is 0.332. The number of nitrogens with two attached hydrogens (primary N) is 1. The number of carbonyl (C=O) groups excluding carboxylic acids is 1. The molecule has 0 aromatic heterocycles. The number of aliphatic carboxylic acids is 3. The Morgan fingerprint density at radius 3 is 1.87 bits per heavy atom. The summed E-state index contributed by atoms with van der Waals surface area (Å²) in [5.41, 5.74) is 5.26. The van der Waals surface area contributed by atoms with Gasteiger partial charge in [-0.05, 0) is 19.3 Å². The fourth-order valence-corrected chi connectivity index (χ4v) is 1.04. The Hall–Kier alpha value is -2.37. The zero-order chi connectivity index (χ0) is 18.6. The van der Waals surface area contributed by atoms with Gasteiger partial charge in [-0.25, -0.2) is 4.79 Å². The van der Waals surface area contributed by atoms with Gasteiger partial charge in [0, 0.05) is 6.54 Å². The molecule has 0 aliphatic heterocycles. The first kappa shape index (κ1) is 22.9. The van der Waals surface area contributed by atoms with Crippen LogP contribution >= 0.6 is 0 Å². The van der Waals surface area contributed by atoms with Crippen LogP contribution in [0.5, 0.6) is 0 Å². The van der Waals surface area contributed by atoms with Gasteiger partial charge in [0.2, 0.25) is 5.91 Å². The smallest absolute Gasteiger partial charge is 0.481 e. The van der Waals surface area contributed by atoms with Crippen molar-refractivity contribution in [2.75, 3.05) is 6.54 Å². The number of rotatable bonds is 8. The number of unbranched alkanes of at least 4 members (excludes halogenated alkanes) is 1. The van der Waals surface area contributed by atoms with E-state index in [1.54, 1.807) is 0 Å². The number of nitrogens with one attached hydrogen (secondary N) is 1. The lowest BCUT2D eigenvalue weighted by molar-refractivity contribution is -0.192. The first-order chi connectivity index (χ1) is 10.4. The Labute approximate surface area is 128 Å². The molecular formula is C11H17F3N2O7. The van der Waals surface area contributed by atoms with E-state index in [2.05, 4.69) is 5.32 Å². The monoisotopic (exact) mass is 346 g/mol. The van der Waals surface area contributed by atoms with Crippen LogP contribution < -0.4 is 11.1 Å². The van der Waals surface area contributed by atoms with E-state index in [0.29, 0.717) is 25.8 Å². The predicted molar refractivity (Wildman–Crippen MR) is 68.4 cm³/mol. The van der Waals surface area contributed by atoms with Gasteiger partial charge in [0.25, 0.3) is 0 Å². The van der Waals surface area contributed by atoms with Crippen molar-refractivity contribution < 1.29 is 47.7 Å². The maximum atomic E-state index is 10.8. The lowest BCUT2D eigenvalue weighted by Gasteiger charge is -2.06. The number of carboxylic acids is 3. The molecule has 1 amide bonds. The summed E-state index contributed by atoms with van der Waals surface area (Å²) in [5, 5.41) is 26.3. The standard InChI is InChI=1S/C9H16N2O5.C2HF3O2/c10-6(9(15)16)3-1-2-4-11-7(12)5-8(13)14;3-2(4,5)1(6)7/h6H,1-5,10H2,(H,11,12)(H,13,14)(H,15,16);(H,6,7)/t6-;/m0./s1. The first-order valence-corrected chi connectivity index (χ1v) is 6.15. The Balaban J connectivity index is 0. The highest BCUT2D eigenvalue weighted by Crippen LogP contribution is 2.13. The average molecular weight is 346 g/mol. The van der Waals surface area contributed by atoms with Crippen molar-refractivity contribution in [3.63, 3.8) is 0 Å². The predicted octanol–water partition coefficient (Wildman–Crippen LogP) is -0.207. The third-order valence-electron chi connectivity index (χ3n) is 2.14. The summed E-state index contributed by atoms with van der Waals surface area (Å²) in [7, 11) is 0. The number of halogens is 3. The van der Waals surface area contributed by atoms with E-state index < -0.39 is 42.5 Å². The van der Waals surface area contributed by atoms with Gasteiger partial charge in [0.1, 0.15) is 12.5 Å². The summed E-state index contributed by atoms with van der Waals surface area (Å²) in [5.74, 6) is -5.53. The maximum absolute atomic E-state index is 10.8. The van der Waals surface area contributed by atoms with Crippen LogP contribution in [0.1, 0.15) is 25.7 Å². The van der Waals surface area contributed by atoms with Crippen LogP contribution in [0.15, 0.2) is 0 Å². The molecule has 1 atom stereocenters. The topological polar surface area (TPSA) is 167 Å². The minimum Gasteiger partial charge on any atom is -0.481 e. The van der Waals surface area contributed by atoms with Crippen molar-refractivity contribution in [2.24, 2.45) is 5.73 Å². The van der Waals surface area contributed by atoms with E-state index in [0.717, 1.165) is 0 Å². The van der Waals surface area contributed by atoms with E-state index in [9.17, 15) is 27.6 Å². The Morgan fingerprint density at radius 1 is 1.04 bits per heavy atom. The Bertz CT molecular complexity index is 426. The van der Waals surface area contributed by atoms with Crippen molar-refractivity contribution in [1.82, 2.24) is 5.32 Å². The summed E-state index contributed by atoms with van der Waals surface area (Å²) in [4.78, 5) is 40.2. The van der Waals surface area contributed by atoms with Crippen molar-refractivity contribution in [1.29, 1.82) is 0 Å². The van der Waals surface area contributed by atoms with E-state index >= 15 is 0 Å². The molecule has 0 spiro atoms. The molecule has 9 nitrogen and oxygen atoms in total. The van der Waals surface area contributed by atoms with Gasteiger partial charge < -0.3 is 26.4 Å². The van der Waals surface area contributed by atoms with Crippen molar-refractivity contribution in [3.05, 3.63) is 0 Å². The second-order valence-electron chi connectivity index (χ2n) is 4.16. The van der Waals surface area contributed by atoms with E-state index in [1.165, 1.54) is 0 Å². The summed E-state index contributed by atoms with van der Waals surface area (Å²) in [6, 6.07) is -0.880. The molecule has 0 saturated carbocycles. The second-order valence-corrected chi connectivity index (χ2v) is 4.16. The number of hydrogen-bond acceptors (Lipinski definition) is 5. The van der Waals surface area contributed by atoms with Crippen LogP contribution in [-0.2, 0) is 19.2 Å². The normalized spacial score (nSPS) is 11.7. The van der Waals surface area contributed by atoms with Gasteiger partial charge in [0.05, 0.1) is 0 Å². The SMILES string of the molecule is N[C@@H](CCCCNC(=O)CC(=O)O)C(=O)O.O=C(O)C(F)(F)F. The van der Waals surface area contributed by atoms with E-state index in [-0.39, 0.29) is 0 Å². The molecule has 0 aliphatic carbocycles. The molecule has 0 rings (SSSR count). The number of alkyl halides is 3. The third kappa shape index (κ3) is 15.8. The number of carboxylic acid groups (broad SMARTS) is 3. The number of amides is 1. The van der Waals surface area contributed by atoms with Gasteiger partial charge in [-0.3, -0.25) is 14.4 Å². The molecule has 0 unspecified atom stereocenters. The van der Waals surface area contributed by atoms with Gasteiger partial charge >= 0.3 is 24.1 Å². The van der Waals surface area contributed by atoms with Crippen LogP contribution in [0.25, 0.3) is 0 Å². The molecule has 0 heterocycles. The summed E-state index contributed by atoms with van der Waals surface area (Å²) in [6.07, 6.45) is -4.15. The second kappa shape index (κ2) is 11.2. The third-order valence-corrected chi connectivity index (χ3v) is 2.14. The lowest BCUT2D eigenvalue weighted by Crippen LogP contribution is -2.30. The van der Waals surface area contributed by atoms with Crippen LogP contribution in [-0.4, -0.2) is 57.9 Å². The van der Waals surface area contributed by atoms with Crippen LogP contribution in [0.3, 0.4) is 0 Å². The van der Waals surface area contributed by atoms with Crippen LogP contribution in [0.2, 0.25) is 0 Å². The summed E-state index contributed by atoms with van der Waals surface area (Å²) < 4.78 is 31.7. The number of hydrogen-bond donors (Lipinski definition) is 5. The molecule has 6 N–H and O–H groups in total. The minimum atomic E-state index is -5.08. The van der Waals surface area contributed by atoms with Crippen molar-refractivity contribution >= 4 is 23.8 Å². The highest BCUT2D eigenvalue weighted by molar-refractivity contribution is 5.93. The Morgan fingerprint density at radius 2 is 1.52 bits per heavy atom. The quantitative estimate of drug-likeness (QED) is 0.297. The highest BCUT2D eigenvalue weighted by atomic mass is 19.4. The molecule has 0 aromatic rings. The fourth-order valence-electron chi connectivity index (χ4n) is 1.04. The number of carbonyl (C=O) groups is 4. The largest absolute Gasteiger partial charge is 0.490 e. The van der Waals surface area contributed by atoms with Crippen molar-refractivity contribution in [3.8, 4) is 0 Å². The average Bonchev–Trinajstić information content (AvgIpc) is 2.36. The molecule has 0 aromatic carbocycles. The molecular weight excluding hydrogens is 329 g/mol. The molecule has 0 fully saturated rings. The van der Waals surface area contributed by atoms with Gasteiger partial charge in [0.15, 0.2) is 0 Å². The zero-order valence-electron chi connectivity index (χ0n) is 11.8. The minimum absolute atomic E-state index is 0.332. The van der Waals surface area contributed by atoms with E-state index in [1.807, 2.05) is 0 Å². The molecule has 23 heavy (non-hydrogen) atoms. The van der Waals surface area contributed by atoms with Crippen LogP contribution in [0, 0.1) is 0 Å². The zero-order valence-corrected chi connectivity index (χ0v) is 11.8. The van der Waals surface area contributed by atoms with Gasteiger partial charge in [-0.1, -0.05) is 0 Å². The van der Waals surface area contributed by atoms with Gasteiger partial charge in [-0.15, -0.1) is 0 Å². The van der Waals surface area contributed by atoms with Crippen molar-refractivity contribution in [2.45, 2.75) is 37.9 Å². The molecule has 0 radical (unpaired) electrons. The molecule has 0 bridgehead atoms. The molecule has 12 heteroatoms. The highest BCUT2D eigenvalue weighted by Gasteiger charge is 2.38. The van der Waals surface area contributed by atoms with Gasteiger partial charge in [-0.2, -0.15) is 13.2 Å².